The van der Waals surface area contributed by atoms with Crippen molar-refractivity contribution in [3.63, 3.8) is 0 Å². The molecular formula is C17H19FO2S. The zero-order chi connectivity index (χ0) is 15.2. The van der Waals surface area contributed by atoms with E-state index in [1.807, 2.05) is 38.1 Å². The van der Waals surface area contributed by atoms with E-state index in [9.17, 15) is 8.60 Å². The van der Waals surface area contributed by atoms with E-state index in [-0.39, 0.29) is 11.1 Å². The molecule has 0 fully saturated rings. The zero-order valence-corrected chi connectivity index (χ0v) is 13.0. The molecule has 0 saturated heterocycles. The van der Waals surface area contributed by atoms with Crippen LogP contribution in [0.1, 0.15) is 30.2 Å². The van der Waals surface area contributed by atoms with Crippen LogP contribution < -0.4 is 4.74 Å². The van der Waals surface area contributed by atoms with Crippen LogP contribution in [0.5, 0.6) is 5.75 Å². The maximum atomic E-state index is 12.9. The number of ether oxygens (including phenoxy) is 1. The van der Waals surface area contributed by atoms with Gasteiger partial charge in [-0.05, 0) is 37.6 Å². The Labute approximate surface area is 127 Å². The van der Waals surface area contributed by atoms with Crippen molar-refractivity contribution in [2.75, 3.05) is 6.61 Å². The maximum Gasteiger partial charge on any atom is 0.123 e. The van der Waals surface area contributed by atoms with E-state index >= 15 is 0 Å². The quantitative estimate of drug-likeness (QED) is 0.798. The summed E-state index contributed by atoms with van der Waals surface area (Å²) >= 11 is 0. The molecule has 0 aliphatic carbocycles. The number of halogens is 1. The number of hydrogen-bond acceptors (Lipinski definition) is 2. The average Bonchev–Trinajstić information content (AvgIpc) is 2.49. The van der Waals surface area contributed by atoms with Gasteiger partial charge >= 0.3 is 0 Å². The molecule has 0 spiro atoms. The number of para-hydroxylation sites is 1. The fourth-order valence-electron chi connectivity index (χ4n) is 2.08. The highest BCUT2D eigenvalue weighted by Crippen LogP contribution is 2.26. The molecule has 2 atom stereocenters. The monoisotopic (exact) mass is 306 g/mol. The Morgan fingerprint density at radius 2 is 1.81 bits per heavy atom. The molecule has 0 aromatic heterocycles. The Bertz CT molecular complexity index is 610. The molecule has 0 saturated carbocycles. The fourth-order valence-corrected chi connectivity index (χ4v) is 3.34. The Balaban J connectivity index is 2.12. The molecule has 21 heavy (non-hydrogen) atoms. The van der Waals surface area contributed by atoms with Gasteiger partial charge in [0.25, 0.3) is 0 Å². The Hall–Kier alpha value is -1.68. The smallest absolute Gasteiger partial charge is 0.123 e. The lowest BCUT2D eigenvalue weighted by Gasteiger charge is -2.14. The largest absolute Gasteiger partial charge is 0.494 e. The second-order valence-electron chi connectivity index (χ2n) is 4.76. The van der Waals surface area contributed by atoms with Crippen molar-refractivity contribution in [1.29, 1.82) is 0 Å². The van der Waals surface area contributed by atoms with Crippen LogP contribution in [-0.2, 0) is 16.6 Å². The van der Waals surface area contributed by atoms with Gasteiger partial charge in [0.15, 0.2) is 0 Å². The van der Waals surface area contributed by atoms with Crippen LogP contribution in [0.4, 0.5) is 4.39 Å². The van der Waals surface area contributed by atoms with E-state index in [1.54, 1.807) is 12.1 Å². The molecule has 0 radical (unpaired) electrons. The minimum absolute atomic E-state index is 0.153. The van der Waals surface area contributed by atoms with Crippen molar-refractivity contribution in [3.05, 3.63) is 65.5 Å². The highest BCUT2D eigenvalue weighted by atomic mass is 32.2. The lowest BCUT2D eigenvalue weighted by atomic mass is 10.2. The molecular weight excluding hydrogens is 287 g/mol. The summed E-state index contributed by atoms with van der Waals surface area (Å²) in [6.45, 7) is 4.40. The van der Waals surface area contributed by atoms with Gasteiger partial charge < -0.3 is 4.74 Å². The fraction of sp³-hybridized carbons (Fsp3) is 0.294. The van der Waals surface area contributed by atoms with Gasteiger partial charge in [0.1, 0.15) is 11.6 Å². The van der Waals surface area contributed by atoms with Gasteiger partial charge in [0, 0.05) is 16.4 Å². The zero-order valence-electron chi connectivity index (χ0n) is 12.2. The summed E-state index contributed by atoms with van der Waals surface area (Å²) in [5.74, 6) is 0.924. The number of rotatable bonds is 6. The molecule has 2 aromatic carbocycles. The van der Waals surface area contributed by atoms with Crippen molar-refractivity contribution in [3.8, 4) is 5.75 Å². The summed E-state index contributed by atoms with van der Waals surface area (Å²) < 4.78 is 31.0. The van der Waals surface area contributed by atoms with Crippen molar-refractivity contribution in [1.82, 2.24) is 0 Å². The Morgan fingerprint density at radius 3 is 2.48 bits per heavy atom. The lowest BCUT2D eigenvalue weighted by molar-refractivity contribution is 0.337. The van der Waals surface area contributed by atoms with Gasteiger partial charge in [0.05, 0.1) is 17.6 Å². The van der Waals surface area contributed by atoms with Gasteiger partial charge in [-0.2, -0.15) is 0 Å². The molecule has 0 heterocycles. The topological polar surface area (TPSA) is 26.3 Å². The average molecular weight is 306 g/mol. The molecule has 2 aromatic rings. The van der Waals surface area contributed by atoms with Crippen LogP contribution in [-0.4, -0.2) is 10.8 Å². The van der Waals surface area contributed by atoms with Crippen molar-refractivity contribution >= 4 is 10.8 Å². The van der Waals surface area contributed by atoms with Crippen LogP contribution in [0.25, 0.3) is 0 Å². The van der Waals surface area contributed by atoms with E-state index in [2.05, 4.69) is 0 Å². The molecule has 0 aliphatic heterocycles. The highest BCUT2D eigenvalue weighted by molar-refractivity contribution is 7.84. The summed E-state index contributed by atoms with van der Waals surface area (Å²) in [4.78, 5) is 0. The van der Waals surface area contributed by atoms with E-state index in [4.69, 9.17) is 4.74 Å². The third kappa shape index (κ3) is 4.14. The summed E-state index contributed by atoms with van der Waals surface area (Å²) in [5.41, 5.74) is 1.82. The molecule has 4 heteroatoms. The van der Waals surface area contributed by atoms with Crippen LogP contribution in [0.15, 0.2) is 48.5 Å². The molecule has 2 nitrogen and oxygen atoms in total. The predicted octanol–water partition coefficient (Wildman–Crippen LogP) is 4.23. The van der Waals surface area contributed by atoms with Gasteiger partial charge in [-0.15, -0.1) is 0 Å². The SMILES string of the molecule is CCOc1ccccc1C[S@](=O)[C@H](C)c1ccc(F)cc1. The van der Waals surface area contributed by atoms with Gasteiger partial charge in [-0.25, -0.2) is 4.39 Å². The molecule has 112 valence electrons. The summed E-state index contributed by atoms with van der Waals surface area (Å²) in [5, 5.41) is -0.153. The van der Waals surface area contributed by atoms with Gasteiger partial charge in [-0.1, -0.05) is 30.3 Å². The molecule has 0 amide bonds. The first kappa shape index (κ1) is 15.7. The van der Waals surface area contributed by atoms with Crippen LogP contribution >= 0.6 is 0 Å². The summed E-state index contributed by atoms with van der Waals surface area (Å²) in [6.07, 6.45) is 0. The standard InChI is InChI=1S/C17H19FO2S/c1-3-20-17-7-5-4-6-15(17)12-21(19)13(2)14-8-10-16(18)11-9-14/h4-11,13H,3,12H2,1-2H3/t13-,21+/m1/s1. The Kier molecular flexibility index (Phi) is 5.51. The molecule has 0 bridgehead atoms. The van der Waals surface area contributed by atoms with Crippen molar-refractivity contribution in [2.45, 2.75) is 24.9 Å². The second kappa shape index (κ2) is 7.36. The third-order valence-electron chi connectivity index (χ3n) is 3.30. The van der Waals surface area contributed by atoms with E-state index < -0.39 is 10.8 Å². The van der Waals surface area contributed by atoms with Crippen LogP contribution in [0.3, 0.4) is 0 Å². The van der Waals surface area contributed by atoms with E-state index in [1.165, 1.54) is 12.1 Å². The maximum absolute atomic E-state index is 12.9. The van der Waals surface area contributed by atoms with Crippen molar-refractivity contribution < 1.29 is 13.3 Å². The van der Waals surface area contributed by atoms with Crippen LogP contribution in [0.2, 0.25) is 0 Å². The normalized spacial score (nSPS) is 13.7. The molecule has 0 N–H and O–H groups in total. The second-order valence-corrected chi connectivity index (χ2v) is 6.52. The van der Waals surface area contributed by atoms with Crippen LogP contribution in [0, 0.1) is 5.82 Å². The number of benzene rings is 2. The molecule has 2 rings (SSSR count). The van der Waals surface area contributed by atoms with E-state index in [0.29, 0.717) is 12.4 Å². The minimum Gasteiger partial charge on any atom is -0.494 e. The Morgan fingerprint density at radius 1 is 1.14 bits per heavy atom. The highest BCUT2D eigenvalue weighted by Gasteiger charge is 2.16. The summed E-state index contributed by atoms with van der Waals surface area (Å²) in [7, 11) is -1.09. The minimum atomic E-state index is -1.09. The lowest BCUT2D eigenvalue weighted by Crippen LogP contribution is -2.07. The van der Waals surface area contributed by atoms with Gasteiger partial charge in [0.2, 0.25) is 0 Å². The third-order valence-corrected chi connectivity index (χ3v) is 4.96. The van der Waals surface area contributed by atoms with Gasteiger partial charge in [-0.3, -0.25) is 4.21 Å². The predicted molar refractivity (Wildman–Crippen MR) is 84.3 cm³/mol. The first-order chi connectivity index (χ1) is 10.1. The summed E-state index contributed by atoms with van der Waals surface area (Å²) in [6, 6.07) is 13.8. The molecule has 0 aliphatic rings. The first-order valence-electron chi connectivity index (χ1n) is 6.95. The van der Waals surface area contributed by atoms with E-state index in [0.717, 1.165) is 16.9 Å². The first-order valence-corrected chi connectivity index (χ1v) is 8.33. The number of hydrogen-bond donors (Lipinski definition) is 0. The molecule has 0 unspecified atom stereocenters. The van der Waals surface area contributed by atoms with Crippen molar-refractivity contribution in [2.24, 2.45) is 0 Å².